The van der Waals surface area contributed by atoms with E-state index in [0.717, 1.165) is 42.6 Å². The van der Waals surface area contributed by atoms with E-state index in [1.807, 2.05) is 0 Å². The smallest absolute Gasteiger partial charge is 0.250 e. The molecule has 0 aromatic carbocycles. The van der Waals surface area contributed by atoms with Crippen LogP contribution in [-0.2, 0) is 10.0 Å². The fourth-order valence-electron chi connectivity index (χ4n) is 1.43. The summed E-state index contributed by atoms with van der Waals surface area (Å²) in [7, 11) is -3.42. The van der Waals surface area contributed by atoms with Gasteiger partial charge in [-0.15, -0.1) is 11.3 Å². The number of sulfonamides is 1. The molecule has 0 amide bonds. The van der Waals surface area contributed by atoms with Gasteiger partial charge in [0.25, 0.3) is 0 Å². The van der Waals surface area contributed by atoms with Gasteiger partial charge in [-0.05, 0) is 31.4 Å². The highest BCUT2D eigenvalue weighted by Crippen LogP contribution is 2.29. The van der Waals surface area contributed by atoms with Gasteiger partial charge in [-0.2, -0.15) is 0 Å². The van der Waals surface area contributed by atoms with Crippen molar-refractivity contribution in [3.05, 3.63) is 16.0 Å². The highest BCUT2D eigenvalue weighted by Gasteiger charge is 2.17. The van der Waals surface area contributed by atoms with Crippen molar-refractivity contribution in [3.63, 3.8) is 0 Å². The Balaban J connectivity index is 2.41. The Kier molecular flexibility index (Phi) is 6.59. The number of thiophene rings is 1. The Morgan fingerprint density at radius 2 is 2.00 bits per heavy atom. The SMILES string of the molecule is Cc1cc(S(=O)(=O)NCCCCCCO)sc1Cl. The number of hydrogen-bond donors (Lipinski definition) is 2. The molecule has 0 saturated carbocycles. The molecule has 0 radical (unpaired) electrons. The molecule has 0 saturated heterocycles. The normalized spacial score (nSPS) is 11.9. The molecule has 0 atom stereocenters. The first-order valence-electron chi connectivity index (χ1n) is 5.84. The van der Waals surface area contributed by atoms with Gasteiger partial charge in [-0.3, -0.25) is 0 Å². The molecule has 104 valence electrons. The maximum Gasteiger partial charge on any atom is 0.250 e. The number of aryl methyl sites for hydroxylation is 1. The second kappa shape index (κ2) is 7.45. The summed E-state index contributed by atoms with van der Waals surface area (Å²) in [6, 6.07) is 1.58. The number of rotatable bonds is 8. The van der Waals surface area contributed by atoms with Crippen molar-refractivity contribution in [1.82, 2.24) is 4.72 Å². The van der Waals surface area contributed by atoms with Crippen molar-refractivity contribution in [3.8, 4) is 0 Å². The molecular weight excluding hydrogens is 294 g/mol. The Labute approximate surface area is 117 Å². The molecular formula is C11H18ClNO3S2. The minimum absolute atomic E-state index is 0.193. The van der Waals surface area contributed by atoms with E-state index in [1.54, 1.807) is 13.0 Å². The zero-order valence-electron chi connectivity index (χ0n) is 10.3. The third-order valence-electron chi connectivity index (χ3n) is 2.48. The van der Waals surface area contributed by atoms with Gasteiger partial charge < -0.3 is 5.11 Å². The van der Waals surface area contributed by atoms with E-state index in [0.29, 0.717) is 10.9 Å². The Hall–Kier alpha value is -0.140. The van der Waals surface area contributed by atoms with Gasteiger partial charge in [-0.1, -0.05) is 24.4 Å². The number of aliphatic hydroxyl groups excluding tert-OH is 1. The van der Waals surface area contributed by atoms with E-state index in [2.05, 4.69) is 4.72 Å². The van der Waals surface area contributed by atoms with E-state index in [-0.39, 0.29) is 10.8 Å². The quantitative estimate of drug-likeness (QED) is 0.725. The summed E-state index contributed by atoms with van der Waals surface area (Å²) in [5.74, 6) is 0. The zero-order valence-corrected chi connectivity index (χ0v) is 12.7. The fraction of sp³-hybridized carbons (Fsp3) is 0.636. The van der Waals surface area contributed by atoms with Crippen molar-refractivity contribution in [2.24, 2.45) is 0 Å². The predicted octanol–water partition coefficient (Wildman–Crippen LogP) is 2.54. The standard InChI is InChI=1S/C11H18ClNO3S2/c1-9-8-10(17-11(9)12)18(15,16)13-6-4-2-3-5-7-14/h8,13-14H,2-7H2,1H3. The number of nitrogens with one attached hydrogen (secondary N) is 1. The molecule has 2 N–H and O–H groups in total. The fourth-order valence-corrected chi connectivity index (χ4v) is 4.26. The van der Waals surface area contributed by atoms with E-state index >= 15 is 0 Å². The van der Waals surface area contributed by atoms with Gasteiger partial charge >= 0.3 is 0 Å². The first kappa shape index (κ1) is 15.9. The lowest BCUT2D eigenvalue weighted by Gasteiger charge is -2.04. The summed E-state index contributed by atoms with van der Waals surface area (Å²) < 4.78 is 27.1. The molecule has 4 nitrogen and oxygen atoms in total. The van der Waals surface area contributed by atoms with E-state index in [9.17, 15) is 8.42 Å². The third kappa shape index (κ3) is 4.85. The van der Waals surface area contributed by atoms with Gasteiger partial charge in [0.1, 0.15) is 4.21 Å². The summed E-state index contributed by atoms with van der Waals surface area (Å²) in [5.41, 5.74) is 0.782. The van der Waals surface area contributed by atoms with Crippen LogP contribution in [0.5, 0.6) is 0 Å². The number of halogens is 1. The van der Waals surface area contributed by atoms with Crippen LogP contribution in [0.15, 0.2) is 10.3 Å². The molecule has 1 aromatic rings. The summed E-state index contributed by atoms with van der Waals surface area (Å²) in [4.78, 5) is 0. The van der Waals surface area contributed by atoms with Crippen LogP contribution in [0.1, 0.15) is 31.2 Å². The Morgan fingerprint density at radius 3 is 2.56 bits per heavy atom. The van der Waals surface area contributed by atoms with Crippen molar-refractivity contribution in [2.45, 2.75) is 36.8 Å². The van der Waals surface area contributed by atoms with Gasteiger partial charge in [0.2, 0.25) is 10.0 Å². The lowest BCUT2D eigenvalue weighted by atomic mass is 10.2. The second-order valence-corrected chi connectivity index (χ2v) is 7.71. The summed E-state index contributed by atoms with van der Waals surface area (Å²) in [6.07, 6.45) is 3.37. The molecule has 0 bridgehead atoms. The van der Waals surface area contributed by atoms with Crippen LogP contribution in [0.2, 0.25) is 4.34 Å². The molecule has 7 heteroatoms. The monoisotopic (exact) mass is 311 g/mol. The zero-order chi connectivity index (χ0) is 13.6. The van der Waals surface area contributed by atoms with Gasteiger partial charge in [0, 0.05) is 13.2 Å². The highest BCUT2D eigenvalue weighted by atomic mass is 35.5. The number of aliphatic hydroxyl groups is 1. The minimum atomic E-state index is -3.42. The van der Waals surface area contributed by atoms with Crippen LogP contribution in [0.3, 0.4) is 0 Å². The molecule has 1 rings (SSSR count). The van der Waals surface area contributed by atoms with Crippen LogP contribution in [0.25, 0.3) is 0 Å². The van der Waals surface area contributed by atoms with Crippen molar-refractivity contribution in [2.75, 3.05) is 13.2 Å². The molecule has 0 fully saturated rings. The Morgan fingerprint density at radius 1 is 1.33 bits per heavy atom. The molecule has 18 heavy (non-hydrogen) atoms. The van der Waals surface area contributed by atoms with Crippen molar-refractivity contribution in [1.29, 1.82) is 0 Å². The summed E-state index contributed by atoms with van der Waals surface area (Å²) in [5, 5.41) is 8.61. The van der Waals surface area contributed by atoms with Crippen LogP contribution in [0.4, 0.5) is 0 Å². The lowest BCUT2D eigenvalue weighted by molar-refractivity contribution is 0.282. The van der Waals surface area contributed by atoms with Crippen molar-refractivity contribution >= 4 is 33.0 Å². The van der Waals surface area contributed by atoms with Crippen LogP contribution >= 0.6 is 22.9 Å². The van der Waals surface area contributed by atoms with Crippen LogP contribution in [-0.4, -0.2) is 26.7 Å². The molecule has 0 unspecified atom stereocenters. The van der Waals surface area contributed by atoms with Crippen molar-refractivity contribution < 1.29 is 13.5 Å². The first-order valence-corrected chi connectivity index (χ1v) is 8.51. The average Bonchev–Trinajstić information content (AvgIpc) is 2.65. The molecule has 0 aliphatic heterocycles. The third-order valence-corrected chi connectivity index (χ3v) is 5.97. The summed E-state index contributed by atoms with van der Waals surface area (Å²) in [6.45, 7) is 2.40. The topological polar surface area (TPSA) is 66.4 Å². The second-order valence-electron chi connectivity index (χ2n) is 4.06. The van der Waals surface area contributed by atoms with E-state index in [1.165, 1.54) is 0 Å². The largest absolute Gasteiger partial charge is 0.396 e. The number of hydrogen-bond acceptors (Lipinski definition) is 4. The number of unbranched alkanes of at least 4 members (excludes halogenated alkanes) is 3. The van der Waals surface area contributed by atoms with Gasteiger partial charge in [0.15, 0.2) is 0 Å². The van der Waals surface area contributed by atoms with Crippen LogP contribution in [0, 0.1) is 6.92 Å². The van der Waals surface area contributed by atoms with Crippen LogP contribution < -0.4 is 4.72 Å². The predicted molar refractivity (Wildman–Crippen MR) is 74.8 cm³/mol. The van der Waals surface area contributed by atoms with E-state index in [4.69, 9.17) is 16.7 Å². The highest BCUT2D eigenvalue weighted by molar-refractivity contribution is 7.91. The minimum Gasteiger partial charge on any atom is -0.396 e. The van der Waals surface area contributed by atoms with E-state index < -0.39 is 10.0 Å². The average molecular weight is 312 g/mol. The molecule has 1 heterocycles. The van der Waals surface area contributed by atoms with Gasteiger partial charge in [0.05, 0.1) is 4.34 Å². The first-order chi connectivity index (χ1) is 8.47. The molecule has 0 aliphatic carbocycles. The maximum absolute atomic E-state index is 11.9. The Bertz CT molecular complexity index is 451. The van der Waals surface area contributed by atoms with Gasteiger partial charge in [-0.25, -0.2) is 13.1 Å². The molecule has 1 aromatic heterocycles. The molecule has 0 aliphatic rings. The summed E-state index contributed by atoms with van der Waals surface area (Å²) >= 11 is 6.93. The maximum atomic E-state index is 11.9. The lowest BCUT2D eigenvalue weighted by Crippen LogP contribution is -2.24. The molecule has 0 spiro atoms.